The number of fused-ring (bicyclic) bond motifs is 1. The number of aromatic nitrogens is 1. The van der Waals surface area contributed by atoms with E-state index in [0.29, 0.717) is 12.5 Å². The average Bonchev–Trinajstić information content (AvgIpc) is 3.18. The molecule has 0 N–H and O–H groups in total. The van der Waals surface area contributed by atoms with Gasteiger partial charge in [-0.2, -0.15) is 0 Å². The summed E-state index contributed by atoms with van der Waals surface area (Å²) in [4.78, 5) is 21.7. The van der Waals surface area contributed by atoms with Gasteiger partial charge in [-0.3, -0.25) is 9.69 Å². The number of carbonyl (C=O) groups is 1. The Labute approximate surface area is 176 Å². The van der Waals surface area contributed by atoms with Crippen molar-refractivity contribution in [3.8, 4) is 0 Å². The predicted molar refractivity (Wildman–Crippen MR) is 118 cm³/mol. The van der Waals surface area contributed by atoms with E-state index in [1.54, 1.807) is 11.3 Å². The van der Waals surface area contributed by atoms with E-state index in [1.807, 2.05) is 22.8 Å². The molecule has 1 amide bonds. The first kappa shape index (κ1) is 18.8. The quantitative estimate of drug-likeness (QED) is 0.624. The Kier molecular flexibility index (Phi) is 4.88. The lowest BCUT2D eigenvalue weighted by molar-refractivity contribution is -0.133. The maximum atomic E-state index is 12.9. The molecule has 150 valence electrons. The lowest BCUT2D eigenvalue weighted by Gasteiger charge is -2.33. The van der Waals surface area contributed by atoms with E-state index < -0.39 is 0 Å². The Morgan fingerprint density at radius 3 is 2.79 bits per heavy atom. The molecular formula is C24H27N3OS. The van der Waals surface area contributed by atoms with Crippen LogP contribution < -0.4 is 0 Å². The second-order valence-corrected chi connectivity index (χ2v) is 9.43. The molecule has 2 fully saturated rings. The third kappa shape index (κ3) is 3.69. The highest BCUT2D eigenvalue weighted by Gasteiger charge is 2.58. The number of hydrogen-bond donors (Lipinski definition) is 0. The summed E-state index contributed by atoms with van der Waals surface area (Å²) in [7, 11) is 1.92. The molecular weight excluding hydrogens is 378 g/mol. The number of amides is 1. The lowest BCUT2D eigenvalue weighted by atomic mass is 9.90. The fourth-order valence-corrected chi connectivity index (χ4v) is 5.53. The van der Waals surface area contributed by atoms with Crippen LogP contribution in [0.3, 0.4) is 0 Å². The Hall–Kier alpha value is -2.24. The summed E-state index contributed by atoms with van der Waals surface area (Å²) < 4.78 is 0. The van der Waals surface area contributed by atoms with Crippen LogP contribution >= 0.6 is 11.3 Å². The van der Waals surface area contributed by atoms with E-state index in [0.717, 1.165) is 44.6 Å². The van der Waals surface area contributed by atoms with E-state index in [4.69, 9.17) is 0 Å². The number of carbonyl (C=O) groups excluding carboxylic acids is 1. The maximum absolute atomic E-state index is 12.9. The van der Waals surface area contributed by atoms with Crippen LogP contribution in [-0.2, 0) is 17.9 Å². The van der Waals surface area contributed by atoms with Gasteiger partial charge in [0.05, 0.1) is 17.7 Å². The van der Waals surface area contributed by atoms with Crippen molar-refractivity contribution in [3.05, 3.63) is 64.6 Å². The van der Waals surface area contributed by atoms with Crippen molar-refractivity contribution in [2.24, 2.45) is 11.3 Å². The van der Waals surface area contributed by atoms with E-state index in [9.17, 15) is 4.79 Å². The molecule has 0 radical (unpaired) electrons. The van der Waals surface area contributed by atoms with Crippen molar-refractivity contribution < 1.29 is 4.79 Å². The van der Waals surface area contributed by atoms with Crippen molar-refractivity contribution in [2.75, 3.05) is 20.1 Å². The Morgan fingerprint density at radius 1 is 1.21 bits per heavy atom. The summed E-state index contributed by atoms with van der Waals surface area (Å²) in [6.45, 7) is 3.80. The van der Waals surface area contributed by atoms with E-state index >= 15 is 0 Å². The van der Waals surface area contributed by atoms with Gasteiger partial charge in [-0.15, -0.1) is 11.3 Å². The molecule has 1 saturated carbocycles. The van der Waals surface area contributed by atoms with Gasteiger partial charge in [-0.25, -0.2) is 4.98 Å². The lowest BCUT2D eigenvalue weighted by Crippen LogP contribution is -2.37. The number of piperidine rings is 1. The minimum absolute atomic E-state index is 0.214. The number of hydrogen-bond acceptors (Lipinski definition) is 4. The number of thiazole rings is 1. The standard InChI is InChI=1S/C24H27N3OS/c1-26(15-20-16-29-17-25-20)23(28)22-13-24(22)9-11-27(12-10-24)14-19-7-4-6-18-5-2-3-8-21(18)19/h2-8,16-17,22H,9-15H2,1H3. The van der Waals surface area contributed by atoms with Gasteiger partial charge < -0.3 is 4.90 Å². The molecule has 0 bridgehead atoms. The summed E-state index contributed by atoms with van der Waals surface area (Å²) in [6, 6.07) is 15.2. The molecule has 5 heteroatoms. The molecule has 1 spiro atoms. The molecule has 5 rings (SSSR count). The van der Waals surface area contributed by atoms with Gasteiger partial charge in [-0.05, 0) is 54.1 Å². The summed E-state index contributed by atoms with van der Waals surface area (Å²) in [5.74, 6) is 0.520. The minimum atomic E-state index is 0.214. The first-order valence-electron chi connectivity index (χ1n) is 10.5. The van der Waals surface area contributed by atoms with E-state index in [1.165, 1.54) is 16.3 Å². The van der Waals surface area contributed by atoms with Crippen LogP contribution in [0.1, 0.15) is 30.5 Å². The Morgan fingerprint density at radius 2 is 2.00 bits per heavy atom. The number of rotatable bonds is 5. The van der Waals surface area contributed by atoms with Gasteiger partial charge in [0.1, 0.15) is 0 Å². The molecule has 1 aliphatic carbocycles. The Bertz CT molecular complexity index is 1000. The topological polar surface area (TPSA) is 36.4 Å². The van der Waals surface area contributed by atoms with Crippen LogP contribution in [0.15, 0.2) is 53.4 Å². The smallest absolute Gasteiger partial charge is 0.226 e. The number of benzene rings is 2. The zero-order valence-electron chi connectivity index (χ0n) is 16.9. The normalized spacial score (nSPS) is 20.8. The maximum Gasteiger partial charge on any atom is 0.226 e. The fourth-order valence-electron chi connectivity index (χ4n) is 4.98. The predicted octanol–water partition coefficient (Wildman–Crippen LogP) is 4.56. The SMILES string of the molecule is CN(Cc1cscn1)C(=O)C1CC12CCN(Cc1cccc3ccccc13)CC2. The molecule has 1 aliphatic heterocycles. The third-order valence-corrected chi connectivity index (χ3v) is 7.51. The largest absolute Gasteiger partial charge is 0.340 e. The van der Waals surface area contributed by atoms with Crippen molar-refractivity contribution in [3.63, 3.8) is 0 Å². The monoisotopic (exact) mass is 405 g/mol. The molecule has 3 aromatic rings. The molecule has 4 nitrogen and oxygen atoms in total. The number of likely N-dealkylation sites (tertiary alicyclic amines) is 1. The van der Waals surface area contributed by atoms with Crippen molar-refractivity contribution >= 4 is 28.0 Å². The second kappa shape index (κ2) is 7.54. The first-order valence-corrected chi connectivity index (χ1v) is 11.4. The highest BCUT2D eigenvalue weighted by atomic mass is 32.1. The molecule has 1 aromatic heterocycles. The van der Waals surface area contributed by atoms with Gasteiger partial charge in [0, 0.05) is 24.9 Å². The summed E-state index contributed by atoms with van der Waals surface area (Å²) in [6.07, 6.45) is 3.34. The second-order valence-electron chi connectivity index (χ2n) is 8.71. The van der Waals surface area contributed by atoms with Crippen LogP contribution in [0.5, 0.6) is 0 Å². The molecule has 2 heterocycles. The van der Waals surface area contributed by atoms with E-state index in [-0.39, 0.29) is 11.3 Å². The summed E-state index contributed by atoms with van der Waals surface area (Å²) in [5, 5.41) is 4.70. The van der Waals surface area contributed by atoms with Crippen LogP contribution in [-0.4, -0.2) is 40.8 Å². The molecule has 29 heavy (non-hydrogen) atoms. The van der Waals surface area contributed by atoms with Crippen LogP contribution in [0.2, 0.25) is 0 Å². The summed E-state index contributed by atoms with van der Waals surface area (Å²) in [5.41, 5.74) is 4.48. The van der Waals surface area contributed by atoms with Gasteiger partial charge in [0.25, 0.3) is 0 Å². The zero-order chi connectivity index (χ0) is 19.8. The zero-order valence-corrected chi connectivity index (χ0v) is 17.7. The van der Waals surface area contributed by atoms with Gasteiger partial charge in [-0.1, -0.05) is 42.5 Å². The fraction of sp³-hybridized carbons (Fsp3) is 0.417. The minimum Gasteiger partial charge on any atom is -0.340 e. The first-order chi connectivity index (χ1) is 14.1. The molecule has 1 atom stereocenters. The van der Waals surface area contributed by atoms with Crippen LogP contribution in [0.4, 0.5) is 0 Å². The van der Waals surface area contributed by atoms with Gasteiger partial charge >= 0.3 is 0 Å². The highest BCUT2D eigenvalue weighted by molar-refractivity contribution is 7.07. The third-order valence-electron chi connectivity index (χ3n) is 6.87. The molecule has 2 aliphatic rings. The van der Waals surface area contributed by atoms with Crippen LogP contribution in [0, 0.1) is 11.3 Å². The summed E-state index contributed by atoms with van der Waals surface area (Å²) >= 11 is 1.59. The van der Waals surface area contributed by atoms with E-state index in [2.05, 4.69) is 52.3 Å². The van der Waals surface area contributed by atoms with Crippen molar-refractivity contribution in [2.45, 2.75) is 32.4 Å². The van der Waals surface area contributed by atoms with Crippen molar-refractivity contribution in [1.29, 1.82) is 0 Å². The molecule has 1 saturated heterocycles. The Balaban J connectivity index is 1.18. The average molecular weight is 406 g/mol. The van der Waals surface area contributed by atoms with Gasteiger partial charge in [0.2, 0.25) is 5.91 Å². The molecule has 1 unspecified atom stereocenters. The van der Waals surface area contributed by atoms with Crippen LogP contribution in [0.25, 0.3) is 10.8 Å². The van der Waals surface area contributed by atoms with Crippen molar-refractivity contribution in [1.82, 2.24) is 14.8 Å². The molecule has 2 aromatic carbocycles. The number of nitrogens with zero attached hydrogens (tertiary/aromatic N) is 3. The highest BCUT2D eigenvalue weighted by Crippen LogP contribution is 2.60. The van der Waals surface area contributed by atoms with Gasteiger partial charge in [0.15, 0.2) is 0 Å².